The summed E-state index contributed by atoms with van der Waals surface area (Å²) in [6, 6.07) is 22.8. The van der Waals surface area contributed by atoms with E-state index >= 15 is 0 Å². The van der Waals surface area contributed by atoms with Gasteiger partial charge in [-0.2, -0.15) is 0 Å². The summed E-state index contributed by atoms with van der Waals surface area (Å²) in [6.45, 7) is 4.21. The monoisotopic (exact) mass is 439 g/mol. The number of thiocarbonyl (C=S) groups is 1. The standard InChI is InChI=1S/C26H25N5S/c1-3-19-10-12-20(13-11-19)31-25(24(29-26(31)32)21-7-4-5-15-27-21)22-8-6-16-30(22)23-14-9-18(2)17-28-23/h4-17,24-25H,3H2,1-2H3,(H,29,32)/t24-,25-/m1/s1. The normalized spacial score (nSPS) is 18.1. The summed E-state index contributed by atoms with van der Waals surface area (Å²) in [6.07, 6.45) is 6.79. The SMILES string of the molecule is CCc1ccc(N2C(=S)N[C@H](c3ccccn3)[C@H]2c2cccn2-c2ccc(C)cn2)cc1. The van der Waals surface area contributed by atoms with E-state index in [1.165, 1.54) is 5.56 Å². The Kier molecular flexibility index (Phi) is 5.45. The van der Waals surface area contributed by atoms with Crippen LogP contribution in [0.5, 0.6) is 0 Å². The van der Waals surface area contributed by atoms with E-state index in [9.17, 15) is 0 Å². The van der Waals surface area contributed by atoms with Gasteiger partial charge in [0.2, 0.25) is 0 Å². The first-order valence-corrected chi connectivity index (χ1v) is 11.3. The molecule has 0 unspecified atom stereocenters. The van der Waals surface area contributed by atoms with Crippen LogP contribution in [0.1, 0.15) is 41.5 Å². The van der Waals surface area contributed by atoms with E-state index in [2.05, 4.69) is 86.4 Å². The minimum atomic E-state index is -0.0892. The van der Waals surface area contributed by atoms with E-state index < -0.39 is 0 Å². The minimum absolute atomic E-state index is 0.0806. The van der Waals surface area contributed by atoms with Crippen LogP contribution >= 0.6 is 12.2 Å². The summed E-state index contributed by atoms with van der Waals surface area (Å²) in [5.41, 5.74) is 5.56. The number of benzene rings is 1. The molecule has 1 aromatic carbocycles. The number of hydrogen-bond acceptors (Lipinski definition) is 3. The van der Waals surface area contributed by atoms with Crippen LogP contribution in [0.3, 0.4) is 0 Å². The van der Waals surface area contributed by atoms with Gasteiger partial charge in [-0.15, -0.1) is 0 Å². The topological polar surface area (TPSA) is 46.0 Å². The Balaban J connectivity index is 1.64. The highest BCUT2D eigenvalue weighted by molar-refractivity contribution is 7.80. The summed E-state index contributed by atoms with van der Waals surface area (Å²) in [7, 11) is 0. The number of nitrogens with zero attached hydrogens (tertiary/aromatic N) is 4. The van der Waals surface area contributed by atoms with E-state index in [4.69, 9.17) is 12.2 Å². The van der Waals surface area contributed by atoms with Gasteiger partial charge in [-0.05, 0) is 79.2 Å². The van der Waals surface area contributed by atoms with Crippen LogP contribution in [0.4, 0.5) is 5.69 Å². The molecule has 2 atom stereocenters. The number of anilines is 1. The van der Waals surface area contributed by atoms with Crippen LogP contribution in [0.15, 0.2) is 85.3 Å². The molecule has 4 heterocycles. The van der Waals surface area contributed by atoms with Crippen molar-refractivity contribution >= 4 is 23.0 Å². The van der Waals surface area contributed by atoms with Crippen molar-refractivity contribution in [3.05, 3.63) is 108 Å². The van der Waals surface area contributed by atoms with E-state index in [-0.39, 0.29) is 12.1 Å². The largest absolute Gasteiger partial charge is 0.351 e. The Hall–Kier alpha value is -3.51. The highest BCUT2D eigenvalue weighted by Gasteiger charge is 2.42. The zero-order valence-electron chi connectivity index (χ0n) is 18.1. The molecule has 32 heavy (non-hydrogen) atoms. The molecule has 0 aliphatic carbocycles. The zero-order chi connectivity index (χ0) is 22.1. The summed E-state index contributed by atoms with van der Waals surface area (Å²) < 4.78 is 2.14. The van der Waals surface area contributed by atoms with Crippen LogP contribution in [0.25, 0.3) is 5.82 Å². The number of pyridine rings is 2. The summed E-state index contributed by atoms with van der Waals surface area (Å²) in [5.74, 6) is 0.884. The Morgan fingerprint density at radius 3 is 2.50 bits per heavy atom. The molecule has 1 fully saturated rings. The fourth-order valence-corrected chi connectivity index (χ4v) is 4.62. The van der Waals surface area contributed by atoms with Crippen molar-refractivity contribution in [2.75, 3.05) is 4.90 Å². The smallest absolute Gasteiger partial charge is 0.174 e. The number of rotatable bonds is 5. The Labute approximate surface area is 193 Å². The van der Waals surface area contributed by atoms with Gasteiger partial charge in [0.05, 0.1) is 11.7 Å². The predicted molar refractivity (Wildman–Crippen MR) is 132 cm³/mol. The second-order valence-electron chi connectivity index (χ2n) is 8.01. The third-order valence-corrected chi connectivity index (χ3v) is 6.26. The van der Waals surface area contributed by atoms with Crippen molar-refractivity contribution in [2.45, 2.75) is 32.4 Å². The van der Waals surface area contributed by atoms with Crippen LogP contribution in [0, 0.1) is 6.92 Å². The molecule has 6 heteroatoms. The molecule has 1 aliphatic heterocycles. The third kappa shape index (κ3) is 3.67. The molecule has 0 bridgehead atoms. The number of aromatic nitrogens is 3. The fourth-order valence-electron chi connectivity index (χ4n) is 4.27. The van der Waals surface area contributed by atoms with Gasteiger partial charge in [0.25, 0.3) is 0 Å². The van der Waals surface area contributed by atoms with Crippen LogP contribution in [-0.2, 0) is 6.42 Å². The summed E-state index contributed by atoms with van der Waals surface area (Å²) in [4.78, 5) is 11.5. The van der Waals surface area contributed by atoms with Crippen molar-refractivity contribution in [3.8, 4) is 5.82 Å². The number of hydrogen-bond donors (Lipinski definition) is 1. The summed E-state index contributed by atoms with van der Waals surface area (Å²) >= 11 is 5.85. The first kappa shape index (κ1) is 20.4. The van der Waals surface area contributed by atoms with E-state index in [1.807, 2.05) is 37.5 Å². The Morgan fingerprint density at radius 1 is 0.969 bits per heavy atom. The molecule has 0 amide bonds. The average molecular weight is 440 g/mol. The van der Waals surface area contributed by atoms with Crippen molar-refractivity contribution in [1.82, 2.24) is 19.9 Å². The lowest BCUT2D eigenvalue weighted by atomic mass is 10.0. The molecule has 1 N–H and O–H groups in total. The van der Waals surface area contributed by atoms with Gasteiger partial charge in [0, 0.05) is 30.0 Å². The van der Waals surface area contributed by atoms with E-state index in [0.717, 1.165) is 34.9 Å². The van der Waals surface area contributed by atoms with Crippen molar-refractivity contribution in [2.24, 2.45) is 0 Å². The molecule has 5 nitrogen and oxygen atoms in total. The second-order valence-corrected chi connectivity index (χ2v) is 8.40. The Bertz CT molecular complexity index is 1220. The second kappa shape index (κ2) is 8.55. The maximum Gasteiger partial charge on any atom is 0.174 e. The molecule has 0 saturated carbocycles. The third-order valence-electron chi connectivity index (χ3n) is 5.95. The van der Waals surface area contributed by atoms with Gasteiger partial charge in [-0.3, -0.25) is 4.98 Å². The lowest BCUT2D eigenvalue weighted by Crippen LogP contribution is -2.30. The number of nitrogens with one attached hydrogen (secondary N) is 1. The molecular formula is C26H25N5S. The van der Waals surface area contributed by atoms with E-state index in [0.29, 0.717) is 5.11 Å². The van der Waals surface area contributed by atoms with Crippen LogP contribution < -0.4 is 10.2 Å². The first-order valence-electron chi connectivity index (χ1n) is 10.9. The quantitative estimate of drug-likeness (QED) is 0.427. The van der Waals surface area contributed by atoms with Crippen LogP contribution in [-0.4, -0.2) is 19.6 Å². The molecule has 1 aliphatic rings. The highest BCUT2D eigenvalue weighted by Crippen LogP contribution is 2.42. The van der Waals surface area contributed by atoms with Crippen molar-refractivity contribution < 1.29 is 0 Å². The maximum atomic E-state index is 5.85. The van der Waals surface area contributed by atoms with Gasteiger partial charge in [0.1, 0.15) is 11.9 Å². The Morgan fingerprint density at radius 2 is 1.81 bits per heavy atom. The summed E-state index contributed by atoms with van der Waals surface area (Å²) in [5, 5.41) is 4.23. The molecule has 160 valence electrons. The van der Waals surface area contributed by atoms with Gasteiger partial charge in [0.15, 0.2) is 5.11 Å². The lowest BCUT2D eigenvalue weighted by molar-refractivity contribution is 0.548. The van der Waals surface area contributed by atoms with Gasteiger partial charge < -0.3 is 14.8 Å². The van der Waals surface area contributed by atoms with Crippen LogP contribution in [0.2, 0.25) is 0 Å². The molecule has 1 saturated heterocycles. The van der Waals surface area contributed by atoms with Crippen molar-refractivity contribution in [3.63, 3.8) is 0 Å². The van der Waals surface area contributed by atoms with Gasteiger partial charge >= 0.3 is 0 Å². The zero-order valence-corrected chi connectivity index (χ0v) is 19.0. The first-order chi connectivity index (χ1) is 15.7. The fraction of sp³-hybridized carbons (Fsp3) is 0.192. The number of aryl methyl sites for hydroxylation is 2. The average Bonchev–Trinajstić information content (AvgIpc) is 3.44. The maximum absolute atomic E-state index is 5.85. The highest BCUT2D eigenvalue weighted by atomic mass is 32.1. The molecule has 3 aromatic heterocycles. The predicted octanol–water partition coefficient (Wildman–Crippen LogP) is 5.32. The molecule has 0 spiro atoms. The molecule has 5 rings (SSSR count). The molecule has 0 radical (unpaired) electrons. The van der Waals surface area contributed by atoms with E-state index in [1.54, 1.807) is 0 Å². The molecular weight excluding hydrogens is 414 g/mol. The lowest BCUT2D eigenvalue weighted by Gasteiger charge is -2.29. The van der Waals surface area contributed by atoms with Crippen molar-refractivity contribution in [1.29, 1.82) is 0 Å². The minimum Gasteiger partial charge on any atom is -0.351 e. The molecule has 4 aromatic rings. The van der Waals surface area contributed by atoms with Gasteiger partial charge in [-0.25, -0.2) is 4.98 Å². The van der Waals surface area contributed by atoms with Gasteiger partial charge in [-0.1, -0.05) is 31.2 Å².